The maximum atomic E-state index is 8.80. The summed E-state index contributed by atoms with van der Waals surface area (Å²) in [6.07, 6.45) is 15.0. The van der Waals surface area contributed by atoms with Crippen molar-refractivity contribution in [1.29, 1.82) is 0 Å². The van der Waals surface area contributed by atoms with Gasteiger partial charge in [0.1, 0.15) is 12.0 Å². The molecule has 0 aromatic heterocycles. The standard InChI is InChI=1S/C12H18O2/c1-2-3-4-5-6-7-8-9-10-12(14)11-13/h5-11,13-14H,2-4H2,1H3. The third-order valence-electron chi connectivity index (χ3n) is 1.59. The summed E-state index contributed by atoms with van der Waals surface area (Å²) in [4.78, 5) is 0. The lowest BCUT2D eigenvalue weighted by molar-refractivity contribution is 0.377. The molecule has 2 nitrogen and oxygen atoms in total. The minimum Gasteiger partial charge on any atom is -0.512 e. The van der Waals surface area contributed by atoms with Gasteiger partial charge < -0.3 is 10.2 Å². The first-order valence-corrected chi connectivity index (χ1v) is 4.84. The van der Waals surface area contributed by atoms with Gasteiger partial charge in [-0.2, -0.15) is 0 Å². The molecule has 0 heterocycles. The van der Waals surface area contributed by atoms with Gasteiger partial charge in [-0.1, -0.05) is 50.1 Å². The van der Waals surface area contributed by atoms with Crippen LogP contribution in [0.15, 0.2) is 48.5 Å². The van der Waals surface area contributed by atoms with Gasteiger partial charge in [-0.15, -0.1) is 0 Å². The zero-order valence-electron chi connectivity index (χ0n) is 8.56. The van der Waals surface area contributed by atoms with Gasteiger partial charge in [-0.25, -0.2) is 0 Å². The highest BCUT2D eigenvalue weighted by Crippen LogP contribution is 1.95. The minimum absolute atomic E-state index is 0.149. The fraction of sp³-hybridized carbons (Fsp3) is 0.333. The van der Waals surface area contributed by atoms with Crippen molar-refractivity contribution in [3.8, 4) is 0 Å². The molecule has 0 rings (SSSR count). The molecular formula is C12H18O2. The van der Waals surface area contributed by atoms with Crippen LogP contribution in [0.25, 0.3) is 0 Å². The molecule has 0 aliphatic heterocycles. The van der Waals surface area contributed by atoms with E-state index in [4.69, 9.17) is 10.2 Å². The van der Waals surface area contributed by atoms with Gasteiger partial charge in [0.15, 0.2) is 0 Å². The largest absolute Gasteiger partial charge is 0.512 e. The number of unbranched alkanes of at least 4 members (excludes halogenated alkanes) is 2. The van der Waals surface area contributed by atoms with Crippen molar-refractivity contribution in [1.82, 2.24) is 0 Å². The van der Waals surface area contributed by atoms with Crippen LogP contribution < -0.4 is 0 Å². The Balaban J connectivity index is 3.63. The first-order chi connectivity index (χ1) is 6.81. The summed E-state index contributed by atoms with van der Waals surface area (Å²) in [6.45, 7) is 2.16. The number of hydrogen-bond acceptors (Lipinski definition) is 2. The average Bonchev–Trinajstić information content (AvgIpc) is 2.21. The second-order valence-corrected chi connectivity index (χ2v) is 2.87. The van der Waals surface area contributed by atoms with Gasteiger partial charge in [0.2, 0.25) is 0 Å². The summed E-state index contributed by atoms with van der Waals surface area (Å²) < 4.78 is 0. The second kappa shape index (κ2) is 9.65. The third kappa shape index (κ3) is 8.65. The molecule has 0 amide bonds. The molecule has 0 unspecified atom stereocenters. The van der Waals surface area contributed by atoms with Crippen molar-refractivity contribution in [2.75, 3.05) is 0 Å². The second-order valence-electron chi connectivity index (χ2n) is 2.87. The highest BCUT2D eigenvalue weighted by molar-refractivity contribution is 5.17. The number of allylic oxidation sites excluding steroid dienone is 6. The van der Waals surface area contributed by atoms with Crippen LogP contribution >= 0.6 is 0 Å². The molecule has 0 spiro atoms. The Morgan fingerprint density at radius 1 is 1.14 bits per heavy atom. The van der Waals surface area contributed by atoms with Crippen molar-refractivity contribution in [2.24, 2.45) is 0 Å². The Bertz CT molecular complexity index is 235. The average molecular weight is 194 g/mol. The summed E-state index contributed by atoms with van der Waals surface area (Å²) in [7, 11) is 0. The summed E-state index contributed by atoms with van der Waals surface area (Å²) in [6, 6.07) is 0. The number of rotatable bonds is 6. The van der Waals surface area contributed by atoms with E-state index < -0.39 is 0 Å². The predicted octanol–water partition coefficient (Wildman–Crippen LogP) is 3.80. The molecule has 2 heteroatoms. The molecule has 0 aromatic rings. The van der Waals surface area contributed by atoms with Gasteiger partial charge in [0, 0.05) is 0 Å². The molecule has 78 valence electrons. The first kappa shape index (κ1) is 12.6. The zero-order chi connectivity index (χ0) is 10.6. The Morgan fingerprint density at radius 2 is 1.86 bits per heavy atom. The normalized spacial score (nSPS) is 13.6. The van der Waals surface area contributed by atoms with Crippen LogP contribution in [0.3, 0.4) is 0 Å². The van der Waals surface area contributed by atoms with E-state index in [0.717, 1.165) is 6.42 Å². The highest BCUT2D eigenvalue weighted by atomic mass is 16.3. The lowest BCUT2D eigenvalue weighted by atomic mass is 10.2. The van der Waals surface area contributed by atoms with E-state index in [1.54, 1.807) is 12.2 Å². The maximum absolute atomic E-state index is 8.80. The minimum atomic E-state index is -0.149. The van der Waals surface area contributed by atoms with Crippen molar-refractivity contribution < 1.29 is 10.2 Å². The fourth-order valence-corrected chi connectivity index (χ4v) is 0.822. The molecule has 0 atom stereocenters. The van der Waals surface area contributed by atoms with Crippen molar-refractivity contribution >= 4 is 0 Å². The van der Waals surface area contributed by atoms with Crippen molar-refractivity contribution in [3.05, 3.63) is 48.5 Å². The summed E-state index contributed by atoms with van der Waals surface area (Å²) in [5.74, 6) is -0.149. The molecule has 0 aliphatic rings. The SMILES string of the molecule is CCCCC=CC=CC=CC(O)=CO. The fourth-order valence-electron chi connectivity index (χ4n) is 0.822. The van der Waals surface area contributed by atoms with Crippen LogP contribution in [-0.2, 0) is 0 Å². The maximum Gasteiger partial charge on any atom is 0.149 e. The molecular weight excluding hydrogens is 176 g/mol. The van der Waals surface area contributed by atoms with Crippen LogP contribution in [0, 0.1) is 0 Å². The van der Waals surface area contributed by atoms with Gasteiger partial charge in [-0.3, -0.25) is 0 Å². The van der Waals surface area contributed by atoms with Gasteiger partial charge in [-0.05, 0) is 12.5 Å². The quantitative estimate of drug-likeness (QED) is 0.383. The molecule has 0 aromatic carbocycles. The summed E-state index contributed by atoms with van der Waals surface area (Å²) in [5.41, 5.74) is 0. The molecule has 0 saturated heterocycles. The van der Waals surface area contributed by atoms with Gasteiger partial charge >= 0.3 is 0 Å². The first-order valence-electron chi connectivity index (χ1n) is 4.84. The van der Waals surface area contributed by atoms with Gasteiger partial charge in [0.25, 0.3) is 0 Å². The van der Waals surface area contributed by atoms with Crippen molar-refractivity contribution in [3.63, 3.8) is 0 Å². The van der Waals surface area contributed by atoms with E-state index >= 15 is 0 Å². The summed E-state index contributed by atoms with van der Waals surface area (Å²) >= 11 is 0. The smallest absolute Gasteiger partial charge is 0.149 e. The zero-order valence-corrected chi connectivity index (χ0v) is 8.56. The van der Waals surface area contributed by atoms with Crippen LogP contribution in [0.4, 0.5) is 0 Å². The molecule has 0 aliphatic carbocycles. The Kier molecular flexibility index (Phi) is 8.65. The number of hydrogen-bond donors (Lipinski definition) is 2. The third-order valence-corrected chi connectivity index (χ3v) is 1.59. The monoisotopic (exact) mass is 194 g/mol. The van der Waals surface area contributed by atoms with E-state index in [2.05, 4.69) is 13.0 Å². The molecule has 0 radical (unpaired) electrons. The molecule has 0 saturated carbocycles. The van der Waals surface area contributed by atoms with E-state index in [9.17, 15) is 0 Å². The van der Waals surface area contributed by atoms with Crippen molar-refractivity contribution in [2.45, 2.75) is 26.2 Å². The predicted molar refractivity (Wildman–Crippen MR) is 60.3 cm³/mol. The lowest BCUT2D eigenvalue weighted by Gasteiger charge is -1.85. The van der Waals surface area contributed by atoms with Crippen LogP contribution in [0.1, 0.15) is 26.2 Å². The number of aliphatic hydroxyl groups is 2. The van der Waals surface area contributed by atoms with Crippen LogP contribution in [0.5, 0.6) is 0 Å². The van der Waals surface area contributed by atoms with E-state index in [0.29, 0.717) is 6.26 Å². The number of aliphatic hydroxyl groups excluding tert-OH is 2. The topological polar surface area (TPSA) is 40.5 Å². The Hall–Kier alpha value is -1.44. The lowest BCUT2D eigenvalue weighted by Crippen LogP contribution is -1.70. The molecule has 0 fully saturated rings. The van der Waals surface area contributed by atoms with Gasteiger partial charge in [0.05, 0.1) is 0 Å². The van der Waals surface area contributed by atoms with E-state index in [1.165, 1.54) is 18.9 Å². The summed E-state index contributed by atoms with van der Waals surface area (Å²) in [5, 5.41) is 17.1. The Labute approximate surface area is 85.6 Å². The van der Waals surface area contributed by atoms with E-state index in [-0.39, 0.29) is 5.76 Å². The molecule has 0 bridgehead atoms. The Morgan fingerprint density at radius 3 is 2.50 bits per heavy atom. The highest BCUT2D eigenvalue weighted by Gasteiger charge is 1.78. The molecule has 14 heavy (non-hydrogen) atoms. The van der Waals surface area contributed by atoms with Crippen LogP contribution in [-0.4, -0.2) is 10.2 Å². The van der Waals surface area contributed by atoms with E-state index in [1.807, 2.05) is 12.2 Å². The molecule has 2 N–H and O–H groups in total. The van der Waals surface area contributed by atoms with Crippen LogP contribution in [0.2, 0.25) is 0 Å².